The summed E-state index contributed by atoms with van der Waals surface area (Å²) in [6, 6.07) is 0. The van der Waals surface area contributed by atoms with Crippen molar-refractivity contribution in [3.8, 4) is 18.1 Å². The van der Waals surface area contributed by atoms with Gasteiger partial charge in [-0.2, -0.15) is 15.1 Å². The van der Waals surface area contributed by atoms with Crippen LogP contribution in [0.4, 0.5) is 11.8 Å². The number of hydrogen-bond donors (Lipinski definition) is 3. The molecule has 290 valence electrons. The van der Waals surface area contributed by atoms with Crippen molar-refractivity contribution in [3.63, 3.8) is 0 Å². The summed E-state index contributed by atoms with van der Waals surface area (Å²) in [6.45, 7) is 7.34. The molecular weight excluding hydrogens is 754 g/mol. The zero-order chi connectivity index (χ0) is 37.0. The summed E-state index contributed by atoms with van der Waals surface area (Å²) in [5.74, 6) is 4.22. The van der Waals surface area contributed by atoms with Crippen LogP contribution in [0.2, 0.25) is 5.28 Å². The van der Waals surface area contributed by atoms with Crippen molar-refractivity contribution in [2.24, 2.45) is 5.41 Å². The topological polar surface area (TPSA) is 201 Å². The molecule has 3 aliphatic heterocycles. The Balaban J connectivity index is 0.899. The van der Waals surface area contributed by atoms with Crippen LogP contribution in [0.5, 0.6) is 5.75 Å². The van der Waals surface area contributed by atoms with E-state index in [1.807, 2.05) is 0 Å². The maximum atomic E-state index is 9.86. The molecule has 3 aromatic heterocycles. The quantitative estimate of drug-likeness (QED) is 0.0578. The lowest BCUT2D eigenvalue weighted by Crippen LogP contribution is -2.58. The number of nitrogens with zero attached hydrogens (tertiary/aromatic N) is 8. The van der Waals surface area contributed by atoms with Gasteiger partial charge in [-0.3, -0.25) is 0 Å². The largest absolute Gasteiger partial charge is 0.488 e. The van der Waals surface area contributed by atoms with Gasteiger partial charge in [0.05, 0.1) is 88.8 Å². The monoisotopic (exact) mass is 798 g/mol. The van der Waals surface area contributed by atoms with Crippen molar-refractivity contribution in [1.29, 1.82) is 0 Å². The van der Waals surface area contributed by atoms with E-state index in [4.69, 9.17) is 60.8 Å². The number of terminal acetylenes is 1. The van der Waals surface area contributed by atoms with Gasteiger partial charge in [0.2, 0.25) is 11.2 Å². The Morgan fingerprint density at radius 2 is 1.58 bits per heavy atom. The molecule has 6 rings (SSSR count). The fourth-order valence-electron chi connectivity index (χ4n) is 6.48. The van der Waals surface area contributed by atoms with Crippen LogP contribution < -0.4 is 14.5 Å². The molecule has 3 atom stereocenters. The van der Waals surface area contributed by atoms with E-state index in [9.17, 15) is 4.89 Å². The molecule has 1 spiro atoms. The Bertz CT molecular complexity index is 1630. The van der Waals surface area contributed by atoms with Crippen molar-refractivity contribution in [1.82, 2.24) is 29.7 Å². The molecule has 0 bridgehead atoms. The van der Waals surface area contributed by atoms with Gasteiger partial charge in [-0.1, -0.05) is 5.92 Å². The van der Waals surface area contributed by atoms with E-state index < -0.39 is 16.8 Å². The fraction of sp³-hybridized carbons (Fsp3) is 0.656. The lowest BCUT2D eigenvalue weighted by molar-refractivity contribution is -0.0213. The number of rotatable bonds is 22. The molecule has 0 amide bonds. The molecule has 18 nitrogen and oxygen atoms in total. The number of ether oxygens (including phenoxy) is 6. The van der Waals surface area contributed by atoms with Crippen molar-refractivity contribution in [2.75, 3.05) is 108 Å². The van der Waals surface area contributed by atoms with Crippen molar-refractivity contribution in [3.05, 3.63) is 23.9 Å². The first kappa shape index (κ1) is 40.1. The molecule has 0 saturated carbocycles. The molecule has 3 unspecified atom stereocenters. The lowest BCUT2D eigenvalue weighted by atomic mass is 9.79. The minimum absolute atomic E-state index is 0.0742. The number of anilines is 2. The Hall–Kier alpha value is -2.62. The highest BCUT2D eigenvalue weighted by Gasteiger charge is 2.49. The molecule has 3 fully saturated rings. The smallest absolute Gasteiger partial charge is 0.226 e. The van der Waals surface area contributed by atoms with Crippen LogP contribution in [0.15, 0.2) is 18.6 Å². The third-order valence-electron chi connectivity index (χ3n) is 8.91. The standard InChI is InChI=1S/C32H45ClN8O10P2/c1-2-7-45-8-9-46-10-11-47-12-13-48-14-15-49-25-16-34-31(35-17-25)39-6-5-32(20-39)21-40(22-32)28-26-18-36-41(29(26)38-30(33)37-28)27-4-3-24(51-27)19-50-53(44)23-52(42)43/h1,16-18,24,27,42-44H,3-15,19-23H2. The average molecular weight is 799 g/mol. The first-order valence-corrected chi connectivity index (χ1v) is 20.5. The molecule has 0 radical (unpaired) electrons. The molecule has 3 N–H and O–H groups in total. The van der Waals surface area contributed by atoms with E-state index in [0.29, 0.717) is 89.6 Å². The molecular formula is C32H45ClN8O10P2. The first-order valence-electron chi connectivity index (χ1n) is 17.3. The maximum absolute atomic E-state index is 9.86. The summed E-state index contributed by atoms with van der Waals surface area (Å²) in [6.07, 6.45) is 11.9. The van der Waals surface area contributed by atoms with E-state index in [1.165, 1.54) is 0 Å². The van der Waals surface area contributed by atoms with Crippen molar-refractivity contribution < 1.29 is 47.6 Å². The van der Waals surface area contributed by atoms with Crippen LogP contribution in [-0.4, -0.2) is 149 Å². The Kier molecular flexibility index (Phi) is 15.0. The van der Waals surface area contributed by atoms with E-state index in [1.54, 1.807) is 23.3 Å². The molecule has 0 aliphatic carbocycles. The highest BCUT2D eigenvalue weighted by molar-refractivity contribution is 7.63. The molecule has 3 aromatic rings. The second-order valence-corrected chi connectivity index (χ2v) is 16.0. The number of fused-ring (bicyclic) bond motifs is 1. The number of aromatic nitrogens is 6. The van der Waals surface area contributed by atoms with Gasteiger partial charge >= 0.3 is 0 Å². The van der Waals surface area contributed by atoms with Gasteiger partial charge in [-0.15, -0.1) is 6.42 Å². The van der Waals surface area contributed by atoms with E-state index in [-0.39, 0.29) is 35.5 Å². The summed E-state index contributed by atoms with van der Waals surface area (Å²) in [5.41, 5.74) is 0.662. The summed E-state index contributed by atoms with van der Waals surface area (Å²) >= 11 is 6.43. The molecule has 0 aromatic carbocycles. The minimum Gasteiger partial charge on any atom is -0.488 e. The van der Waals surface area contributed by atoms with Crippen LogP contribution >= 0.6 is 28.4 Å². The zero-order valence-electron chi connectivity index (χ0n) is 29.2. The van der Waals surface area contributed by atoms with E-state index in [0.717, 1.165) is 43.8 Å². The second-order valence-electron chi connectivity index (χ2n) is 12.8. The van der Waals surface area contributed by atoms with Crippen LogP contribution in [0.1, 0.15) is 25.5 Å². The van der Waals surface area contributed by atoms with E-state index >= 15 is 0 Å². The van der Waals surface area contributed by atoms with Crippen LogP contribution in [0.25, 0.3) is 11.0 Å². The van der Waals surface area contributed by atoms with Gasteiger partial charge in [0.1, 0.15) is 19.0 Å². The molecule has 21 heteroatoms. The molecule has 53 heavy (non-hydrogen) atoms. The van der Waals surface area contributed by atoms with Crippen LogP contribution in [-0.2, 0) is 28.2 Å². The summed E-state index contributed by atoms with van der Waals surface area (Å²) in [5, 5.41) is 5.51. The van der Waals surface area contributed by atoms with E-state index in [2.05, 4.69) is 40.8 Å². The van der Waals surface area contributed by atoms with Crippen molar-refractivity contribution >= 4 is 51.2 Å². The van der Waals surface area contributed by atoms with Crippen LogP contribution in [0, 0.1) is 17.8 Å². The van der Waals surface area contributed by atoms with Gasteiger partial charge in [0.15, 0.2) is 34.4 Å². The predicted octanol–water partition coefficient (Wildman–Crippen LogP) is 2.32. The first-order chi connectivity index (χ1) is 25.8. The number of halogens is 1. The minimum atomic E-state index is -2.21. The Morgan fingerprint density at radius 3 is 2.28 bits per heavy atom. The summed E-state index contributed by atoms with van der Waals surface area (Å²) in [7, 11) is -4.13. The van der Waals surface area contributed by atoms with Gasteiger partial charge in [0.25, 0.3) is 0 Å². The average Bonchev–Trinajstić information content (AvgIpc) is 3.89. The number of hydrogen-bond acceptors (Lipinski definition) is 17. The maximum Gasteiger partial charge on any atom is 0.226 e. The van der Waals surface area contributed by atoms with Gasteiger partial charge < -0.3 is 57.4 Å². The lowest BCUT2D eigenvalue weighted by Gasteiger charge is -2.48. The molecule has 3 aliphatic rings. The highest BCUT2D eigenvalue weighted by Crippen LogP contribution is 2.46. The van der Waals surface area contributed by atoms with Crippen molar-refractivity contribution in [2.45, 2.75) is 31.6 Å². The van der Waals surface area contributed by atoms with Gasteiger partial charge in [-0.25, -0.2) is 14.6 Å². The summed E-state index contributed by atoms with van der Waals surface area (Å²) < 4.78 is 40.5. The third-order valence-corrected chi connectivity index (χ3v) is 11.5. The molecule has 6 heterocycles. The normalized spacial score (nSPS) is 20.1. The fourth-order valence-corrected chi connectivity index (χ4v) is 8.17. The van der Waals surface area contributed by atoms with Gasteiger partial charge in [-0.05, 0) is 30.9 Å². The Labute approximate surface area is 314 Å². The second kappa shape index (κ2) is 19.8. The highest BCUT2D eigenvalue weighted by atomic mass is 35.5. The Morgan fingerprint density at radius 1 is 0.906 bits per heavy atom. The predicted molar refractivity (Wildman–Crippen MR) is 196 cm³/mol. The van der Waals surface area contributed by atoms with Gasteiger partial charge in [0, 0.05) is 31.6 Å². The summed E-state index contributed by atoms with van der Waals surface area (Å²) in [4.78, 5) is 50.7. The third kappa shape index (κ3) is 11.2. The SMILES string of the molecule is C#CCOCCOCCOCCOCCOc1cnc(N2CCC3(C2)CN(c2nc(Cl)nc4c2cnn4C2CCC(COP(O)CP(O)O)O2)C3)nc1. The van der Waals surface area contributed by atoms with Crippen LogP contribution in [0.3, 0.4) is 0 Å². The molecule has 3 saturated heterocycles. The zero-order valence-corrected chi connectivity index (χ0v) is 31.8.